The van der Waals surface area contributed by atoms with E-state index in [2.05, 4.69) is 4.98 Å². The predicted molar refractivity (Wildman–Crippen MR) is 131 cm³/mol. The van der Waals surface area contributed by atoms with E-state index in [9.17, 15) is 23.1 Å². The van der Waals surface area contributed by atoms with Crippen LogP contribution in [0.2, 0.25) is 5.02 Å². The summed E-state index contributed by atoms with van der Waals surface area (Å²) in [6.07, 6.45) is 1.48. The molecule has 4 rings (SSSR count). The molecule has 10 nitrogen and oxygen atoms in total. The molecule has 36 heavy (non-hydrogen) atoms. The molecule has 1 amide bonds. The maximum absolute atomic E-state index is 13.3. The van der Waals surface area contributed by atoms with Gasteiger partial charge in [0.25, 0.3) is 11.7 Å². The molecule has 2 heterocycles. The SMILES string of the molecule is COc1cc(OC)c(/C(O)=C2\C(=O)C(=O)N(c3ccc(S(N)(=O)=O)cc3)C2c2ccccn2)cc1Cl. The molecule has 1 atom stereocenters. The van der Waals surface area contributed by atoms with E-state index in [0.717, 1.165) is 4.90 Å². The highest BCUT2D eigenvalue weighted by atomic mass is 35.5. The van der Waals surface area contributed by atoms with E-state index >= 15 is 0 Å². The number of rotatable bonds is 6. The Labute approximate surface area is 211 Å². The number of benzene rings is 2. The van der Waals surface area contributed by atoms with Crippen molar-refractivity contribution in [2.75, 3.05) is 19.1 Å². The number of aliphatic hydroxyl groups excluding tert-OH is 1. The fraction of sp³-hybridized carbons (Fsp3) is 0.125. The van der Waals surface area contributed by atoms with Gasteiger partial charge in [0.15, 0.2) is 0 Å². The summed E-state index contributed by atoms with van der Waals surface area (Å²) in [5.41, 5.74) is 0.284. The third-order valence-corrected chi connectivity index (χ3v) is 6.81. The smallest absolute Gasteiger partial charge is 0.300 e. The molecule has 1 aromatic heterocycles. The molecule has 186 valence electrons. The Balaban J connectivity index is 1.95. The highest BCUT2D eigenvalue weighted by molar-refractivity contribution is 7.89. The molecular formula is C24H20ClN3O7S. The zero-order valence-corrected chi connectivity index (χ0v) is 20.6. The van der Waals surface area contributed by atoms with Crippen LogP contribution in [0.4, 0.5) is 5.69 Å². The van der Waals surface area contributed by atoms with Crippen molar-refractivity contribution < 1.29 is 32.6 Å². The molecule has 1 saturated heterocycles. The van der Waals surface area contributed by atoms with Gasteiger partial charge in [0, 0.05) is 18.0 Å². The number of aromatic nitrogens is 1. The Kier molecular flexibility index (Phi) is 6.72. The number of Topliss-reactive ketones (excluding diaryl/α,β-unsaturated/α-hetero) is 1. The number of anilines is 1. The second-order valence-electron chi connectivity index (χ2n) is 7.65. The van der Waals surface area contributed by atoms with Gasteiger partial charge in [0.2, 0.25) is 10.0 Å². The van der Waals surface area contributed by atoms with Gasteiger partial charge in [-0.1, -0.05) is 17.7 Å². The number of pyridine rings is 1. The van der Waals surface area contributed by atoms with Crippen molar-refractivity contribution in [3.8, 4) is 11.5 Å². The summed E-state index contributed by atoms with van der Waals surface area (Å²) >= 11 is 6.26. The van der Waals surface area contributed by atoms with E-state index in [-0.39, 0.29) is 43.9 Å². The molecule has 0 aliphatic carbocycles. The zero-order valence-electron chi connectivity index (χ0n) is 19.0. The summed E-state index contributed by atoms with van der Waals surface area (Å²) in [6, 6.07) is 11.7. The van der Waals surface area contributed by atoms with Crippen molar-refractivity contribution in [1.82, 2.24) is 4.98 Å². The number of halogens is 1. The average Bonchev–Trinajstić information content (AvgIpc) is 3.13. The van der Waals surface area contributed by atoms with Crippen LogP contribution in [0.5, 0.6) is 11.5 Å². The van der Waals surface area contributed by atoms with E-state index in [1.54, 1.807) is 18.2 Å². The standard InChI is InChI=1S/C24H20ClN3O7S/c1-34-18-12-19(35-2)16(25)11-15(18)22(29)20-21(17-5-3-4-10-27-17)28(24(31)23(20)30)13-6-8-14(9-7-13)36(26,32)33/h3-12,21,29H,1-2H3,(H2,26,32,33)/b22-20+. The minimum Gasteiger partial charge on any atom is -0.507 e. The number of aliphatic hydroxyl groups is 1. The fourth-order valence-electron chi connectivity index (χ4n) is 3.90. The van der Waals surface area contributed by atoms with Gasteiger partial charge in [-0.25, -0.2) is 13.6 Å². The number of nitrogens with zero attached hydrogens (tertiary/aromatic N) is 2. The maximum Gasteiger partial charge on any atom is 0.300 e. The van der Waals surface area contributed by atoms with Gasteiger partial charge in [-0.15, -0.1) is 0 Å². The van der Waals surface area contributed by atoms with Gasteiger partial charge in [-0.3, -0.25) is 19.5 Å². The Hall–Kier alpha value is -3.93. The lowest BCUT2D eigenvalue weighted by molar-refractivity contribution is -0.132. The van der Waals surface area contributed by atoms with Gasteiger partial charge >= 0.3 is 0 Å². The number of ketones is 1. The fourth-order valence-corrected chi connectivity index (χ4v) is 4.66. The minimum absolute atomic E-state index is 0.0619. The Morgan fingerprint density at radius 2 is 1.72 bits per heavy atom. The van der Waals surface area contributed by atoms with E-state index in [4.69, 9.17) is 26.2 Å². The van der Waals surface area contributed by atoms with Crippen molar-refractivity contribution in [2.45, 2.75) is 10.9 Å². The third kappa shape index (κ3) is 4.39. The summed E-state index contributed by atoms with van der Waals surface area (Å²) in [4.78, 5) is 31.7. The first-order valence-corrected chi connectivity index (χ1v) is 12.3. The second-order valence-corrected chi connectivity index (χ2v) is 9.62. The molecule has 1 aliphatic heterocycles. The van der Waals surface area contributed by atoms with Crippen molar-refractivity contribution >= 4 is 44.8 Å². The van der Waals surface area contributed by atoms with Gasteiger partial charge < -0.3 is 14.6 Å². The van der Waals surface area contributed by atoms with E-state index in [1.807, 2.05) is 0 Å². The van der Waals surface area contributed by atoms with Gasteiger partial charge in [-0.2, -0.15) is 0 Å². The van der Waals surface area contributed by atoms with Crippen LogP contribution in [0.25, 0.3) is 5.76 Å². The van der Waals surface area contributed by atoms with Crippen LogP contribution < -0.4 is 19.5 Å². The average molecular weight is 530 g/mol. The molecular weight excluding hydrogens is 510 g/mol. The normalized spacial score (nSPS) is 17.3. The summed E-state index contributed by atoms with van der Waals surface area (Å²) in [6.45, 7) is 0. The number of hydrogen-bond acceptors (Lipinski definition) is 8. The molecule has 0 radical (unpaired) electrons. The highest BCUT2D eigenvalue weighted by Crippen LogP contribution is 2.44. The number of ether oxygens (including phenoxy) is 2. The predicted octanol–water partition coefficient (Wildman–Crippen LogP) is 3.03. The first-order valence-electron chi connectivity index (χ1n) is 10.3. The Morgan fingerprint density at radius 3 is 2.28 bits per heavy atom. The quantitative estimate of drug-likeness (QED) is 0.281. The largest absolute Gasteiger partial charge is 0.507 e. The molecule has 3 N–H and O–H groups in total. The summed E-state index contributed by atoms with van der Waals surface area (Å²) in [5.74, 6) is -2.03. The van der Waals surface area contributed by atoms with E-state index in [1.165, 1.54) is 56.8 Å². The molecule has 1 fully saturated rings. The van der Waals surface area contributed by atoms with Crippen LogP contribution in [-0.4, -0.2) is 44.4 Å². The number of methoxy groups -OCH3 is 2. The summed E-state index contributed by atoms with van der Waals surface area (Å²) < 4.78 is 33.9. The first-order chi connectivity index (χ1) is 17.1. The molecule has 0 bridgehead atoms. The van der Waals surface area contributed by atoms with Crippen molar-refractivity contribution in [1.29, 1.82) is 0 Å². The van der Waals surface area contributed by atoms with Crippen molar-refractivity contribution in [3.63, 3.8) is 0 Å². The number of amides is 1. The van der Waals surface area contributed by atoms with E-state index < -0.39 is 33.5 Å². The number of hydrogen-bond donors (Lipinski definition) is 2. The van der Waals surface area contributed by atoms with Crippen LogP contribution in [0.1, 0.15) is 17.3 Å². The lowest BCUT2D eigenvalue weighted by Crippen LogP contribution is -2.29. The first kappa shape index (κ1) is 25.2. The van der Waals surface area contributed by atoms with Crippen LogP contribution in [0.15, 0.2) is 71.3 Å². The minimum atomic E-state index is -3.98. The van der Waals surface area contributed by atoms with E-state index in [0.29, 0.717) is 0 Å². The molecule has 12 heteroatoms. The molecule has 2 aromatic carbocycles. The maximum atomic E-state index is 13.3. The molecule has 1 aliphatic rings. The number of carbonyl (C=O) groups is 2. The highest BCUT2D eigenvalue weighted by Gasteiger charge is 2.48. The molecule has 0 saturated carbocycles. The summed E-state index contributed by atoms with van der Waals surface area (Å²) in [7, 11) is -1.21. The van der Waals surface area contributed by atoms with Crippen LogP contribution >= 0.6 is 11.6 Å². The molecule has 3 aromatic rings. The Morgan fingerprint density at radius 1 is 1.06 bits per heavy atom. The van der Waals surface area contributed by atoms with Crippen molar-refractivity contribution in [3.05, 3.63) is 82.6 Å². The van der Waals surface area contributed by atoms with Gasteiger partial charge in [-0.05, 0) is 42.5 Å². The second kappa shape index (κ2) is 9.61. The number of carbonyl (C=O) groups excluding carboxylic acids is 2. The van der Waals surface area contributed by atoms with Gasteiger partial charge in [0.1, 0.15) is 23.3 Å². The number of primary sulfonamides is 1. The lowest BCUT2D eigenvalue weighted by Gasteiger charge is -2.25. The number of sulfonamides is 1. The topological polar surface area (TPSA) is 149 Å². The van der Waals surface area contributed by atoms with Crippen LogP contribution in [0, 0.1) is 0 Å². The third-order valence-electron chi connectivity index (χ3n) is 5.58. The van der Waals surface area contributed by atoms with Gasteiger partial charge in [0.05, 0.1) is 41.0 Å². The monoisotopic (exact) mass is 529 g/mol. The molecule has 0 spiro atoms. The van der Waals surface area contributed by atoms with Crippen LogP contribution in [0.3, 0.4) is 0 Å². The lowest BCUT2D eigenvalue weighted by atomic mass is 9.97. The summed E-state index contributed by atoms with van der Waals surface area (Å²) in [5, 5.41) is 16.6. The number of nitrogens with two attached hydrogens (primary N) is 1. The zero-order chi connectivity index (χ0) is 26.2. The molecule has 1 unspecified atom stereocenters. The Bertz CT molecular complexity index is 1490. The van der Waals surface area contributed by atoms with Crippen LogP contribution in [-0.2, 0) is 19.6 Å². The van der Waals surface area contributed by atoms with Crippen molar-refractivity contribution in [2.24, 2.45) is 5.14 Å².